The number of ether oxygens (including phenoxy) is 3. The van der Waals surface area contributed by atoms with Crippen molar-refractivity contribution in [3.05, 3.63) is 91.0 Å². The van der Waals surface area contributed by atoms with E-state index in [1.54, 1.807) is 63.2 Å². The Morgan fingerprint density at radius 2 is 1.13 bits per heavy atom. The summed E-state index contributed by atoms with van der Waals surface area (Å²) >= 11 is 0. The maximum atomic E-state index is 13.2. The highest BCUT2D eigenvalue weighted by atomic mass is 19.4. The molecule has 0 aliphatic carbocycles. The normalized spacial score (nSPS) is 12.0. The molecule has 0 spiro atoms. The van der Waals surface area contributed by atoms with E-state index in [4.69, 9.17) is 19.5 Å². The van der Waals surface area contributed by atoms with Gasteiger partial charge in [0.1, 0.15) is 22.8 Å². The van der Waals surface area contributed by atoms with E-state index >= 15 is 0 Å². The largest absolute Gasteiger partial charge is 0.573 e. The molecule has 0 saturated heterocycles. The van der Waals surface area contributed by atoms with Gasteiger partial charge < -0.3 is 29.0 Å². The summed E-state index contributed by atoms with van der Waals surface area (Å²) in [6, 6.07) is 20.0. The summed E-state index contributed by atoms with van der Waals surface area (Å²) < 4.78 is 100. The van der Waals surface area contributed by atoms with Crippen molar-refractivity contribution >= 4 is 17.4 Å². The molecule has 12 nitrogen and oxygen atoms in total. The predicted octanol–water partition coefficient (Wildman–Crippen LogP) is 9.31. The van der Waals surface area contributed by atoms with Crippen molar-refractivity contribution in [2.45, 2.75) is 39.1 Å². The molecule has 0 aliphatic heterocycles. The van der Waals surface area contributed by atoms with Crippen LogP contribution in [0.4, 0.5) is 42.5 Å². The van der Waals surface area contributed by atoms with E-state index in [0.29, 0.717) is 22.3 Å². The van der Waals surface area contributed by atoms with Gasteiger partial charge in [-0.2, -0.15) is 9.97 Å². The van der Waals surface area contributed by atoms with Crippen LogP contribution in [-0.4, -0.2) is 44.6 Å². The summed E-state index contributed by atoms with van der Waals surface area (Å²) in [6.45, 7) is 5.35. The van der Waals surface area contributed by atoms with Crippen LogP contribution < -0.4 is 24.8 Å². The van der Waals surface area contributed by atoms with E-state index in [1.165, 1.54) is 29.2 Å². The van der Waals surface area contributed by atoms with Gasteiger partial charge in [-0.25, -0.2) is 4.79 Å². The molecule has 4 aromatic carbocycles. The number of hydrogen-bond acceptors (Lipinski definition) is 10. The Morgan fingerprint density at radius 1 is 0.642 bits per heavy atom. The standard InChI is InChI=1S/C35H26F6N6O6/c1-33(2,3)51-27-18-21(28-43-30(52-45-28)19-8-13-22(14-9-19)49-34(36,37)38)12-17-26(27)47(32(42)48)25-7-5-4-6-24(25)29-44-31(53-46-29)20-10-15-23(16-11-20)50-35(39,40)41/h4-18H,1-3H3,(H2,42,48). The number of primary amides is 1. The molecule has 0 saturated carbocycles. The van der Waals surface area contributed by atoms with Gasteiger partial charge in [-0.15, -0.1) is 26.3 Å². The minimum atomic E-state index is -4.86. The molecule has 0 unspecified atom stereocenters. The Balaban J connectivity index is 1.33. The van der Waals surface area contributed by atoms with Crippen molar-refractivity contribution in [3.63, 3.8) is 0 Å². The number of aromatic nitrogens is 4. The van der Waals surface area contributed by atoms with E-state index in [2.05, 4.69) is 29.8 Å². The van der Waals surface area contributed by atoms with Crippen molar-refractivity contribution in [3.8, 4) is 62.9 Å². The van der Waals surface area contributed by atoms with Crippen molar-refractivity contribution in [1.82, 2.24) is 20.3 Å². The molecule has 0 aliphatic rings. The molecule has 2 aromatic heterocycles. The van der Waals surface area contributed by atoms with Crippen LogP contribution in [-0.2, 0) is 0 Å². The second-order valence-corrected chi connectivity index (χ2v) is 12.1. The Labute approximate surface area is 295 Å². The van der Waals surface area contributed by atoms with E-state index in [1.807, 2.05) is 0 Å². The molecule has 53 heavy (non-hydrogen) atoms. The fourth-order valence-electron chi connectivity index (χ4n) is 4.98. The fourth-order valence-corrected chi connectivity index (χ4v) is 4.98. The summed E-state index contributed by atoms with van der Waals surface area (Å²) in [5.41, 5.74) is 6.94. The number of halogens is 6. The zero-order valence-electron chi connectivity index (χ0n) is 27.7. The minimum Gasteiger partial charge on any atom is -0.486 e. The van der Waals surface area contributed by atoms with Crippen LogP contribution in [0, 0.1) is 0 Å². The smallest absolute Gasteiger partial charge is 0.486 e. The second kappa shape index (κ2) is 13.9. The van der Waals surface area contributed by atoms with E-state index in [-0.39, 0.29) is 40.6 Å². The molecular formula is C35H26F6N6O6. The number of urea groups is 1. The van der Waals surface area contributed by atoms with Crippen molar-refractivity contribution < 1.29 is 54.4 Å². The molecular weight excluding hydrogens is 714 g/mol. The Morgan fingerprint density at radius 3 is 1.64 bits per heavy atom. The number of nitrogens with two attached hydrogens (primary N) is 1. The monoisotopic (exact) mass is 740 g/mol. The van der Waals surface area contributed by atoms with E-state index in [0.717, 1.165) is 24.3 Å². The highest BCUT2D eigenvalue weighted by Gasteiger charge is 2.32. The highest BCUT2D eigenvalue weighted by Crippen LogP contribution is 2.42. The minimum absolute atomic E-state index is 0.0127. The third kappa shape index (κ3) is 8.84. The number of para-hydroxylation sites is 1. The van der Waals surface area contributed by atoms with Crippen LogP contribution in [0.25, 0.3) is 45.7 Å². The molecule has 0 fully saturated rings. The van der Waals surface area contributed by atoms with Crippen LogP contribution in [0.15, 0.2) is 100 Å². The first-order chi connectivity index (χ1) is 24.9. The first-order valence-corrected chi connectivity index (χ1v) is 15.3. The van der Waals surface area contributed by atoms with Gasteiger partial charge in [0.2, 0.25) is 11.6 Å². The fraction of sp³-hybridized carbons (Fsp3) is 0.171. The molecule has 18 heteroatoms. The zero-order chi connectivity index (χ0) is 38.1. The second-order valence-electron chi connectivity index (χ2n) is 12.1. The van der Waals surface area contributed by atoms with Crippen molar-refractivity contribution in [1.29, 1.82) is 0 Å². The lowest BCUT2D eigenvalue weighted by molar-refractivity contribution is -0.275. The SMILES string of the molecule is CC(C)(C)Oc1cc(-c2noc(-c3ccc(OC(F)(F)F)cc3)n2)ccc1N(C(N)=O)c1ccccc1-c1noc(-c2ccc(OC(F)(F)F)cc2)n1. The summed E-state index contributed by atoms with van der Waals surface area (Å²) in [5, 5.41) is 8.04. The first kappa shape index (κ1) is 36.2. The molecule has 0 radical (unpaired) electrons. The Bertz CT molecular complexity index is 2230. The van der Waals surface area contributed by atoms with Gasteiger partial charge in [0.25, 0.3) is 11.8 Å². The average molecular weight is 741 g/mol. The Kier molecular flexibility index (Phi) is 9.46. The lowest BCUT2D eigenvalue weighted by atomic mass is 10.1. The number of amides is 2. The van der Waals surface area contributed by atoms with Crippen LogP contribution in [0.3, 0.4) is 0 Å². The summed E-state index contributed by atoms with van der Waals surface area (Å²) in [4.78, 5) is 23.1. The molecule has 0 bridgehead atoms. The van der Waals surface area contributed by atoms with Gasteiger partial charge in [-0.05, 0) is 99.6 Å². The zero-order valence-corrected chi connectivity index (χ0v) is 27.7. The van der Waals surface area contributed by atoms with Crippen LogP contribution >= 0.6 is 0 Å². The predicted molar refractivity (Wildman–Crippen MR) is 176 cm³/mol. The molecule has 6 aromatic rings. The number of carbonyl (C=O) groups is 1. The molecule has 6 rings (SSSR count). The van der Waals surface area contributed by atoms with Gasteiger partial charge in [-0.1, -0.05) is 22.4 Å². The van der Waals surface area contributed by atoms with Crippen LogP contribution in [0.2, 0.25) is 0 Å². The van der Waals surface area contributed by atoms with Gasteiger partial charge in [0, 0.05) is 22.3 Å². The van der Waals surface area contributed by atoms with Crippen molar-refractivity contribution in [2.24, 2.45) is 5.73 Å². The lowest BCUT2D eigenvalue weighted by Gasteiger charge is -2.28. The van der Waals surface area contributed by atoms with Gasteiger partial charge in [-0.3, -0.25) is 4.90 Å². The van der Waals surface area contributed by atoms with Crippen molar-refractivity contribution in [2.75, 3.05) is 4.90 Å². The maximum absolute atomic E-state index is 13.2. The third-order valence-corrected chi connectivity index (χ3v) is 7.00. The van der Waals surface area contributed by atoms with Crippen LogP contribution in [0.1, 0.15) is 20.8 Å². The number of nitrogens with zero attached hydrogens (tertiary/aromatic N) is 5. The highest BCUT2D eigenvalue weighted by molar-refractivity contribution is 6.03. The number of hydrogen-bond donors (Lipinski definition) is 1. The summed E-state index contributed by atoms with van der Waals surface area (Å²) in [5.74, 6) is -0.555. The summed E-state index contributed by atoms with van der Waals surface area (Å²) in [6.07, 6.45) is -9.71. The molecule has 2 N–H and O–H groups in total. The molecule has 0 atom stereocenters. The van der Waals surface area contributed by atoms with E-state index < -0.39 is 35.9 Å². The average Bonchev–Trinajstić information content (AvgIpc) is 3.76. The van der Waals surface area contributed by atoms with Gasteiger partial charge >= 0.3 is 18.8 Å². The molecule has 274 valence electrons. The molecule has 2 amide bonds. The lowest BCUT2D eigenvalue weighted by Crippen LogP contribution is -2.33. The summed E-state index contributed by atoms with van der Waals surface area (Å²) in [7, 11) is 0. The number of benzene rings is 4. The number of anilines is 2. The van der Waals surface area contributed by atoms with Gasteiger partial charge in [0.05, 0.1) is 11.4 Å². The van der Waals surface area contributed by atoms with Crippen LogP contribution in [0.5, 0.6) is 17.2 Å². The molecule has 2 heterocycles. The Hall–Kier alpha value is -6.59. The quantitative estimate of drug-likeness (QED) is 0.142. The number of carbonyl (C=O) groups excluding carboxylic acids is 1. The topological polar surface area (TPSA) is 152 Å². The van der Waals surface area contributed by atoms with Gasteiger partial charge in [0.15, 0.2) is 0 Å². The number of alkyl halides is 6. The maximum Gasteiger partial charge on any atom is 0.573 e. The first-order valence-electron chi connectivity index (χ1n) is 15.3. The third-order valence-electron chi connectivity index (χ3n) is 7.00. The van der Waals surface area contributed by atoms with E-state index in [9.17, 15) is 31.1 Å². The number of rotatable bonds is 9.